The zero-order valence-electron chi connectivity index (χ0n) is 18.1. The number of nitrogens with one attached hydrogen (secondary N) is 2. The van der Waals surface area contributed by atoms with Gasteiger partial charge >= 0.3 is 0 Å². The van der Waals surface area contributed by atoms with E-state index < -0.39 is 21.3 Å². The normalized spacial score (nSPS) is 13.6. The summed E-state index contributed by atoms with van der Waals surface area (Å²) in [5.74, 6) is 0. The minimum absolute atomic E-state index is 0.306. The Bertz CT molecular complexity index is 1050. The van der Waals surface area contributed by atoms with Crippen molar-refractivity contribution in [1.29, 1.82) is 0 Å². The zero-order chi connectivity index (χ0) is 22.8. The van der Waals surface area contributed by atoms with E-state index in [4.69, 9.17) is 16.3 Å². The van der Waals surface area contributed by atoms with Gasteiger partial charge in [-0.1, -0.05) is 90.5 Å². The molecule has 0 heterocycles. The van der Waals surface area contributed by atoms with Crippen molar-refractivity contribution in [3.05, 3.63) is 107 Å². The predicted molar refractivity (Wildman–Crippen MR) is 130 cm³/mol. The van der Waals surface area contributed by atoms with Crippen LogP contribution in [0, 0.1) is 6.92 Å². The van der Waals surface area contributed by atoms with Gasteiger partial charge in [0.25, 0.3) is 0 Å². The lowest BCUT2D eigenvalue weighted by atomic mass is 9.94. The molecule has 0 saturated heterocycles. The van der Waals surface area contributed by atoms with Crippen molar-refractivity contribution in [2.45, 2.75) is 25.6 Å². The van der Waals surface area contributed by atoms with Gasteiger partial charge in [0.05, 0.1) is 25.3 Å². The highest BCUT2D eigenvalue weighted by Crippen LogP contribution is 2.29. The van der Waals surface area contributed by atoms with Crippen LogP contribution in [0.25, 0.3) is 0 Å². The van der Waals surface area contributed by atoms with Gasteiger partial charge in [-0.05, 0) is 23.6 Å². The molecule has 2 atom stereocenters. The van der Waals surface area contributed by atoms with E-state index in [-0.39, 0.29) is 6.04 Å². The molecule has 0 aliphatic carbocycles. The van der Waals surface area contributed by atoms with Gasteiger partial charge < -0.3 is 10.1 Å². The monoisotopic (exact) mass is 472 g/mol. The Morgan fingerprint density at radius 2 is 1.41 bits per heavy atom. The van der Waals surface area contributed by atoms with Crippen molar-refractivity contribution in [2.75, 3.05) is 18.4 Å². The summed E-state index contributed by atoms with van der Waals surface area (Å²) in [5, 5.41) is 2.98. The third-order valence-corrected chi connectivity index (χ3v) is 6.86. The van der Waals surface area contributed by atoms with Crippen LogP contribution < -0.4 is 10.0 Å². The Labute approximate surface area is 195 Å². The van der Waals surface area contributed by atoms with Gasteiger partial charge in [0, 0.05) is 6.54 Å². The molecule has 170 valence electrons. The first-order chi connectivity index (χ1) is 15.5. The summed E-state index contributed by atoms with van der Waals surface area (Å²) in [7, 11) is -3.65. The van der Waals surface area contributed by atoms with E-state index in [9.17, 15) is 8.42 Å². The predicted octanol–water partition coefficient (Wildman–Crippen LogP) is 4.70. The molecule has 0 unspecified atom stereocenters. The molecule has 3 aromatic carbocycles. The lowest BCUT2D eigenvalue weighted by molar-refractivity contribution is 0.119. The second kappa shape index (κ2) is 12.1. The molecule has 0 amide bonds. The molecule has 0 fully saturated rings. The third-order valence-electron chi connectivity index (χ3n) is 5.10. The second-order valence-electron chi connectivity index (χ2n) is 7.61. The number of aryl methyl sites for hydroxylation is 1. The number of benzene rings is 3. The van der Waals surface area contributed by atoms with Crippen molar-refractivity contribution >= 4 is 21.6 Å². The van der Waals surface area contributed by atoms with Gasteiger partial charge in [-0.25, -0.2) is 13.1 Å². The molecule has 0 aromatic heterocycles. The molecule has 0 aliphatic heterocycles. The summed E-state index contributed by atoms with van der Waals surface area (Å²) in [6, 6.07) is 26.7. The van der Waals surface area contributed by atoms with Gasteiger partial charge in [-0.2, -0.15) is 0 Å². The third kappa shape index (κ3) is 7.43. The van der Waals surface area contributed by atoms with Crippen LogP contribution >= 0.6 is 11.6 Å². The summed E-state index contributed by atoms with van der Waals surface area (Å²) in [6.07, 6.45) is 0. The molecular formula is C25H29ClN2O3S. The average molecular weight is 473 g/mol. The van der Waals surface area contributed by atoms with E-state index in [1.54, 1.807) is 0 Å². The minimum Gasteiger partial charge on any atom is -0.375 e. The Hall–Kier alpha value is -2.22. The van der Waals surface area contributed by atoms with Crippen molar-refractivity contribution < 1.29 is 13.2 Å². The topological polar surface area (TPSA) is 67.4 Å². The maximum Gasteiger partial charge on any atom is 0.226 e. The van der Waals surface area contributed by atoms with Gasteiger partial charge in [0.1, 0.15) is 5.21 Å². The van der Waals surface area contributed by atoms with Crippen LogP contribution in [0.15, 0.2) is 84.9 Å². The molecule has 5 nitrogen and oxygen atoms in total. The van der Waals surface area contributed by atoms with Gasteiger partial charge in [-0.15, -0.1) is 11.6 Å². The van der Waals surface area contributed by atoms with E-state index in [1.165, 1.54) is 5.56 Å². The van der Waals surface area contributed by atoms with Crippen LogP contribution in [-0.2, 0) is 21.4 Å². The highest BCUT2D eigenvalue weighted by Gasteiger charge is 2.28. The maximum atomic E-state index is 12.4. The summed E-state index contributed by atoms with van der Waals surface area (Å²) in [6.45, 7) is 3.62. The van der Waals surface area contributed by atoms with Gasteiger partial charge in [-0.3, -0.25) is 0 Å². The van der Waals surface area contributed by atoms with Crippen LogP contribution in [0.1, 0.15) is 34.3 Å². The van der Waals surface area contributed by atoms with Gasteiger partial charge in [0.2, 0.25) is 10.0 Å². The molecule has 2 N–H and O–H groups in total. The minimum atomic E-state index is -3.65. The zero-order valence-corrected chi connectivity index (χ0v) is 19.6. The molecular weight excluding hydrogens is 444 g/mol. The van der Waals surface area contributed by atoms with E-state index >= 15 is 0 Å². The molecule has 7 heteroatoms. The number of alkyl halides is 1. The number of halogens is 1. The summed E-state index contributed by atoms with van der Waals surface area (Å²) in [5.41, 5.74) is 4.15. The van der Waals surface area contributed by atoms with Crippen molar-refractivity contribution in [1.82, 2.24) is 10.0 Å². The highest BCUT2D eigenvalue weighted by molar-refractivity contribution is 7.90. The van der Waals surface area contributed by atoms with Crippen LogP contribution in [-0.4, -0.2) is 26.8 Å². The lowest BCUT2D eigenvalue weighted by Crippen LogP contribution is -2.39. The van der Waals surface area contributed by atoms with Crippen LogP contribution in [0.3, 0.4) is 0 Å². The molecule has 3 aromatic rings. The van der Waals surface area contributed by atoms with Crippen molar-refractivity contribution in [3.63, 3.8) is 0 Å². The number of ether oxygens (including phenoxy) is 1. The fourth-order valence-electron chi connectivity index (χ4n) is 3.46. The Morgan fingerprint density at radius 3 is 1.97 bits per heavy atom. The molecule has 0 aliphatic rings. The number of rotatable bonds is 12. The quantitative estimate of drug-likeness (QED) is 0.296. The van der Waals surface area contributed by atoms with Crippen LogP contribution in [0.5, 0.6) is 0 Å². The van der Waals surface area contributed by atoms with E-state index in [2.05, 4.69) is 41.2 Å². The Morgan fingerprint density at radius 1 is 0.844 bits per heavy atom. The molecule has 0 spiro atoms. The fourth-order valence-corrected chi connectivity index (χ4v) is 4.37. The largest absolute Gasteiger partial charge is 0.375 e. The first-order valence-corrected chi connectivity index (χ1v) is 12.7. The van der Waals surface area contributed by atoms with E-state index in [0.717, 1.165) is 16.7 Å². The van der Waals surface area contributed by atoms with Crippen molar-refractivity contribution in [2.24, 2.45) is 0 Å². The molecule has 0 saturated carbocycles. The van der Waals surface area contributed by atoms with Gasteiger partial charge in [0.15, 0.2) is 0 Å². The molecule has 3 rings (SSSR count). The lowest BCUT2D eigenvalue weighted by Gasteiger charge is -2.29. The number of sulfonamides is 1. The standard InChI is InChI=1S/C25H29ClN2O3S/c1-20-12-14-21(15-13-20)18-31-17-16-27-24(22-8-4-2-5-9-22)25(28-32(29,30)19-26)23-10-6-3-7-11-23/h2-15,24-25,27-28H,16-19H2,1H3/t24-,25-/m0/s1. The van der Waals surface area contributed by atoms with Crippen molar-refractivity contribution in [3.8, 4) is 0 Å². The number of hydrogen-bond donors (Lipinski definition) is 2. The van der Waals surface area contributed by atoms with Crippen LogP contribution in [0.4, 0.5) is 0 Å². The average Bonchev–Trinajstić information content (AvgIpc) is 2.82. The van der Waals surface area contributed by atoms with E-state index in [0.29, 0.717) is 19.8 Å². The highest BCUT2D eigenvalue weighted by atomic mass is 35.5. The van der Waals surface area contributed by atoms with E-state index in [1.807, 2.05) is 60.7 Å². The summed E-state index contributed by atoms with van der Waals surface area (Å²) >= 11 is 5.70. The Balaban J connectivity index is 1.73. The second-order valence-corrected chi connectivity index (χ2v) is 9.95. The smallest absolute Gasteiger partial charge is 0.226 e. The molecule has 0 radical (unpaired) electrons. The summed E-state index contributed by atoms with van der Waals surface area (Å²) < 4.78 is 33.4. The number of hydrogen-bond acceptors (Lipinski definition) is 4. The SMILES string of the molecule is Cc1ccc(COCCN[C@@H](c2ccccc2)[C@@H](NS(=O)(=O)CCl)c2ccccc2)cc1. The Kier molecular flexibility index (Phi) is 9.26. The molecule has 0 bridgehead atoms. The first-order valence-electron chi connectivity index (χ1n) is 10.5. The fraction of sp³-hybridized carbons (Fsp3) is 0.280. The molecule has 32 heavy (non-hydrogen) atoms. The first kappa shape index (κ1) is 24.4. The maximum absolute atomic E-state index is 12.4. The van der Waals surface area contributed by atoms with Crippen LogP contribution in [0.2, 0.25) is 0 Å². The summed E-state index contributed by atoms with van der Waals surface area (Å²) in [4.78, 5) is 0.